The topological polar surface area (TPSA) is 113 Å². The van der Waals surface area contributed by atoms with Crippen molar-refractivity contribution in [3.63, 3.8) is 0 Å². The van der Waals surface area contributed by atoms with Gasteiger partial charge in [-0.1, -0.05) is 18.2 Å². The van der Waals surface area contributed by atoms with Gasteiger partial charge in [0, 0.05) is 42.2 Å². The number of fused-ring (bicyclic) bond motifs is 1. The molecule has 3 heterocycles. The summed E-state index contributed by atoms with van der Waals surface area (Å²) in [6.07, 6.45) is 5.71. The number of imidazole rings is 1. The van der Waals surface area contributed by atoms with E-state index in [-0.39, 0.29) is 43.1 Å². The molecule has 2 aliphatic rings. The lowest BCUT2D eigenvalue weighted by molar-refractivity contribution is -0.136. The summed E-state index contributed by atoms with van der Waals surface area (Å²) in [6, 6.07) is 11.8. The van der Waals surface area contributed by atoms with Crippen LogP contribution in [-0.4, -0.2) is 44.1 Å². The van der Waals surface area contributed by atoms with Crippen molar-refractivity contribution < 1.29 is 19.2 Å². The van der Waals surface area contributed by atoms with Crippen molar-refractivity contribution >= 4 is 23.6 Å². The van der Waals surface area contributed by atoms with Gasteiger partial charge in [-0.2, -0.15) is 0 Å². The van der Waals surface area contributed by atoms with E-state index in [1.54, 1.807) is 30.7 Å². The molecule has 2 N–H and O–H groups in total. The Bertz CT molecular complexity index is 1300. The first kappa shape index (κ1) is 21.6. The number of nitrogens with zero attached hydrogens (tertiary/aromatic N) is 3. The molecule has 0 bridgehead atoms. The molecular weight excluding hydrogens is 434 g/mol. The monoisotopic (exact) mass is 457 g/mol. The number of amides is 4. The highest BCUT2D eigenvalue weighted by atomic mass is 16.2. The van der Waals surface area contributed by atoms with Crippen LogP contribution in [0.15, 0.2) is 61.2 Å². The summed E-state index contributed by atoms with van der Waals surface area (Å²) < 4.78 is 1.89. The normalized spacial score (nSPS) is 18.4. The van der Waals surface area contributed by atoms with E-state index >= 15 is 0 Å². The summed E-state index contributed by atoms with van der Waals surface area (Å²) in [7, 11) is 0. The SMILES string of the molecule is CC(NC(=O)c1cccc2c1CN(C1CCC(=O)NC1=O)C2=O)c1cccc(-n2ccnc2)c1. The van der Waals surface area contributed by atoms with Crippen LogP contribution in [0.2, 0.25) is 0 Å². The quantitative estimate of drug-likeness (QED) is 0.570. The number of hydrogen-bond donors (Lipinski definition) is 2. The van der Waals surface area contributed by atoms with E-state index in [0.717, 1.165) is 11.3 Å². The minimum atomic E-state index is -0.724. The first-order chi connectivity index (χ1) is 16.4. The molecule has 0 spiro atoms. The Kier molecular flexibility index (Phi) is 5.45. The molecule has 2 aliphatic heterocycles. The number of imide groups is 1. The lowest BCUT2D eigenvalue weighted by atomic mass is 10.0. The van der Waals surface area contributed by atoms with Gasteiger partial charge in [0.1, 0.15) is 6.04 Å². The van der Waals surface area contributed by atoms with Gasteiger partial charge < -0.3 is 14.8 Å². The molecule has 1 saturated heterocycles. The van der Waals surface area contributed by atoms with Gasteiger partial charge in [0.05, 0.1) is 12.4 Å². The summed E-state index contributed by atoms with van der Waals surface area (Å²) in [5.41, 5.74) is 3.26. The maximum atomic E-state index is 13.2. The van der Waals surface area contributed by atoms with Gasteiger partial charge in [-0.25, -0.2) is 4.98 Å². The number of carbonyl (C=O) groups is 4. The smallest absolute Gasteiger partial charge is 0.255 e. The fourth-order valence-electron chi connectivity index (χ4n) is 4.52. The van der Waals surface area contributed by atoms with Crippen molar-refractivity contribution in [2.75, 3.05) is 0 Å². The third-order valence-corrected chi connectivity index (χ3v) is 6.35. The minimum Gasteiger partial charge on any atom is -0.346 e. The van der Waals surface area contributed by atoms with Crippen LogP contribution < -0.4 is 10.6 Å². The number of piperidine rings is 1. The minimum absolute atomic E-state index is 0.147. The summed E-state index contributed by atoms with van der Waals surface area (Å²) in [6.45, 7) is 2.05. The summed E-state index contributed by atoms with van der Waals surface area (Å²) in [5, 5.41) is 5.31. The first-order valence-corrected chi connectivity index (χ1v) is 11.1. The second-order valence-electron chi connectivity index (χ2n) is 8.49. The molecule has 2 unspecified atom stereocenters. The van der Waals surface area contributed by atoms with Crippen LogP contribution in [-0.2, 0) is 16.1 Å². The second kappa shape index (κ2) is 8.58. The van der Waals surface area contributed by atoms with E-state index < -0.39 is 11.9 Å². The zero-order valence-corrected chi connectivity index (χ0v) is 18.5. The Hall–Kier alpha value is -4.27. The number of hydrogen-bond acceptors (Lipinski definition) is 5. The highest BCUT2D eigenvalue weighted by Crippen LogP contribution is 2.30. The number of aromatic nitrogens is 2. The first-order valence-electron chi connectivity index (χ1n) is 11.1. The Labute approximate surface area is 195 Å². The molecule has 0 radical (unpaired) electrons. The summed E-state index contributed by atoms with van der Waals surface area (Å²) in [4.78, 5) is 55.5. The van der Waals surface area contributed by atoms with E-state index in [0.29, 0.717) is 16.7 Å². The van der Waals surface area contributed by atoms with Crippen molar-refractivity contribution in [2.45, 2.75) is 38.4 Å². The number of carbonyl (C=O) groups excluding carboxylic acids is 4. The third kappa shape index (κ3) is 3.85. The Morgan fingerprint density at radius 3 is 2.76 bits per heavy atom. The molecule has 172 valence electrons. The van der Waals surface area contributed by atoms with Gasteiger partial charge in [-0.15, -0.1) is 0 Å². The average molecular weight is 457 g/mol. The maximum Gasteiger partial charge on any atom is 0.255 e. The van der Waals surface area contributed by atoms with Crippen molar-refractivity contribution in [1.29, 1.82) is 0 Å². The molecule has 1 fully saturated rings. The van der Waals surface area contributed by atoms with Crippen LogP contribution in [0.25, 0.3) is 5.69 Å². The lowest BCUT2D eigenvalue weighted by Crippen LogP contribution is -2.52. The zero-order chi connectivity index (χ0) is 23.8. The molecule has 0 aliphatic carbocycles. The van der Waals surface area contributed by atoms with Crippen molar-refractivity contribution in [1.82, 2.24) is 25.1 Å². The largest absolute Gasteiger partial charge is 0.346 e. The van der Waals surface area contributed by atoms with Crippen LogP contribution in [0.4, 0.5) is 0 Å². The van der Waals surface area contributed by atoms with E-state index in [1.165, 1.54) is 4.90 Å². The standard InChI is InChI=1S/C25H23N5O4/c1-15(16-4-2-5-17(12-16)29-11-10-26-14-29)27-23(32)18-6-3-7-19-20(18)13-30(25(19)34)21-8-9-22(31)28-24(21)33/h2-7,10-12,14-15,21H,8-9,13H2,1H3,(H,27,32)(H,28,31,33). The molecule has 2 aromatic carbocycles. The summed E-state index contributed by atoms with van der Waals surface area (Å²) >= 11 is 0. The number of benzene rings is 2. The lowest BCUT2D eigenvalue weighted by Gasteiger charge is -2.29. The number of rotatable bonds is 5. The predicted molar refractivity (Wildman–Crippen MR) is 122 cm³/mol. The second-order valence-corrected chi connectivity index (χ2v) is 8.49. The van der Waals surface area contributed by atoms with Crippen LogP contribution in [0, 0.1) is 0 Å². The van der Waals surface area contributed by atoms with Crippen LogP contribution in [0.3, 0.4) is 0 Å². The molecule has 34 heavy (non-hydrogen) atoms. The average Bonchev–Trinajstić information content (AvgIpc) is 3.48. The van der Waals surface area contributed by atoms with Crippen molar-refractivity contribution in [3.8, 4) is 5.69 Å². The van der Waals surface area contributed by atoms with Crippen LogP contribution >= 0.6 is 0 Å². The van der Waals surface area contributed by atoms with Gasteiger partial charge in [0.25, 0.3) is 11.8 Å². The maximum absolute atomic E-state index is 13.2. The third-order valence-electron chi connectivity index (χ3n) is 6.35. The van der Waals surface area contributed by atoms with Crippen LogP contribution in [0.5, 0.6) is 0 Å². The van der Waals surface area contributed by atoms with Gasteiger partial charge in [-0.3, -0.25) is 24.5 Å². The van der Waals surface area contributed by atoms with Gasteiger partial charge in [0.2, 0.25) is 11.8 Å². The fourth-order valence-corrected chi connectivity index (χ4v) is 4.52. The van der Waals surface area contributed by atoms with E-state index in [9.17, 15) is 19.2 Å². The molecule has 3 aromatic rings. The molecule has 4 amide bonds. The molecule has 1 aromatic heterocycles. The Balaban J connectivity index is 1.35. The summed E-state index contributed by atoms with van der Waals surface area (Å²) in [5.74, 6) is -1.41. The molecule has 2 atom stereocenters. The molecule has 9 heteroatoms. The molecule has 9 nitrogen and oxygen atoms in total. The highest BCUT2D eigenvalue weighted by Gasteiger charge is 2.40. The predicted octanol–water partition coefficient (Wildman–Crippen LogP) is 2.12. The zero-order valence-electron chi connectivity index (χ0n) is 18.5. The van der Waals surface area contributed by atoms with Crippen molar-refractivity contribution in [3.05, 3.63) is 83.4 Å². The molecule has 0 saturated carbocycles. The Morgan fingerprint density at radius 1 is 1.18 bits per heavy atom. The van der Waals surface area contributed by atoms with E-state index in [4.69, 9.17) is 0 Å². The van der Waals surface area contributed by atoms with Gasteiger partial charge in [-0.05, 0) is 48.7 Å². The molecule has 5 rings (SSSR count). The molecular formula is C25H23N5O4. The van der Waals surface area contributed by atoms with Gasteiger partial charge in [0.15, 0.2) is 0 Å². The fraction of sp³-hybridized carbons (Fsp3) is 0.240. The Morgan fingerprint density at radius 2 is 2.00 bits per heavy atom. The number of nitrogens with one attached hydrogen (secondary N) is 2. The highest BCUT2D eigenvalue weighted by molar-refractivity contribution is 6.07. The van der Waals surface area contributed by atoms with E-state index in [2.05, 4.69) is 15.6 Å². The van der Waals surface area contributed by atoms with Crippen molar-refractivity contribution in [2.24, 2.45) is 0 Å². The van der Waals surface area contributed by atoms with Crippen LogP contribution in [0.1, 0.15) is 57.7 Å². The van der Waals surface area contributed by atoms with Gasteiger partial charge >= 0.3 is 0 Å². The van der Waals surface area contributed by atoms with E-state index in [1.807, 2.05) is 42.0 Å².